The number of para-hydroxylation sites is 1. The van der Waals surface area contributed by atoms with E-state index in [1.165, 1.54) is 0 Å². The summed E-state index contributed by atoms with van der Waals surface area (Å²) in [6.07, 6.45) is 7.82. The van der Waals surface area contributed by atoms with E-state index in [-0.39, 0.29) is 5.69 Å². The second-order valence-electron chi connectivity index (χ2n) is 7.14. The first-order valence-electron chi connectivity index (χ1n) is 8.69. The van der Waals surface area contributed by atoms with Gasteiger partial charge in [-0.15, -0.1) is 0 Å². The van der Waals surface area contributed by atoms with Gasteiger partial charge in [-0.3, -0.25) is 10.1 Å². The Hall–Kier alpha value is -1.46. The van der Waals surface area contributed by atoms with E-state index < -0.39 is 16.1 Å². The van der Waals surface area contributed by atoms with Gasteiger partial charge in [-0.2, -0.15) is 0 Å². The number of nitro benzene ring substituents is 1. The maximum Gasteiger partial charge on any atom is 0.281 e. The number of hydrogen-bond acceptors (Lipinski definition) is 4. The lowest BCUT2D eigenvalue weighted by atomic mass is 9.74. The van der Waals surface area contributed by atoms with E-state index in [4.69, 9.17) is 0 Å². The maximum atomic E-state index is 11.8. The molecule has 0 heterocycles. The van der Waals surface area contributed by atoms with Crippen molar-refractivity contribution in [2.24, 2.45) is 0 Å². The van der Waals surface area contributed by atoms with Gasteiger partial charge in [0.25, 0.3) is 5.69 Å². The standard InChI is InChI=1S/C18H25NO4/c20-17(10-3-1-4-11-17)14-8-7-9-15(16(14)19(22)23)18(21)12-5-2-6-13-18/h7-9,20-21H,1-6,10-13H2. The minimum atomic E-state index is -1.14. The van der Waals surface area contributed by atoms with Gasteiger partial charge in [-0.25, -0.2) is 0 Å². The van der Waals surface area contributed by atoms with Crippen LogP contribution in [0.15, 0.2) is 18.2 Å². The smallest absolute Gasteiger partial charge is 0.281 e. The summed E-state index contributed by atoms with van der Waals surface area (Å²) in [5.41, 5.74) is -1.57. The molecule has 2 aliphatic rings. The molecule has 126 valence electrons. The van der Waals surface area contributed by atoms with Crippen LogP contribution in [0.3, 0.4) is 0 Å². The highest BCUT2D eigenvalue weighted by Crippen LogP contribution is 2.47. The van der Waals surface area contributed by atoms with Crippen LogP contribution in [0.4, 0.5) is 5.69 Å². The molecule has 3 rings (SSSR count). The first-order chi connectivity index (χ1) is 11.0. The van der Waals surface area contributed by atoms with Crippen LogP contribution in [-0.4, -0.2) is 15.1 Å². The van der Waals surface area contributed by atoms with Crippen LogP contribution >= 0.6 is 0 Å². The molecule has 1 aromatic carbocycles. The molecular formula is C18H25NO4. The number of hydrogen-bond donors (Lipinski definition) is 2. The van der Waals surface area contributed by atoms with Gasteiger partial charge in [0.15, 0.2) is 0 Å². The van der Waals surface area contributed by atoms with Crippen LogP contribution in [0.2, 0.25) is 0 Å². The molecule has 2 saturated carbocycles. The SMILES string of the molecule is O=[N+]([O-])c1c(C2(O)CCCCC2)cccc1C1(O)CCCCC1. The quantitative estimate of drug-likeness (QED) is 0.654. The highest BCUT2D eigenvalue weighted by atomic mass is 16.6. The van der Waals surface area contributed by atoms with E-state index in [1.807, 2.05) is 0 Å². The third kappa shape index (κ3) is 3.00. The van der Waals surface area contributed by atoms with Crippen molar-refractivity contribution in [2.75, 3.05) is 0 Å². The minimum absolute atomic E-state index is 0.0682. The lowest BCUT2D eigenvalue weighted by molar-refractivity contribution is -0.388. The highest BCUT2D eigenvalue weighted by molar-refractivity contribution is 5.53. The Bertz CT molecular complexity index is 544. The average Bonchev–Trinajstić information content (AvgIpc) is 2.55. The Morgan fingerprint density at radius 3 is 1.57 bits per heavy atom. The van der Waals surface area contributed by atoms with Crippen molar-refractivity contribution in [3.63, 3.8) is 0 Å². The van der Waals surface area contributed by atoms with Gasteiger partial charge >= 0.3 is 0 Å². The second kappa shape index (κ2) is 6.21. The van der Waals surface area contributed by atoms with Gasteiger partial charge in [0.05, 0.1) is 27.3 Å². The van der Waals surface area contributed by atoms with Crippen molar-refractivity contribution in [3.8, 4) is 0 Å². The molecule has 0 bridgehead atoms. The highest BCUT2D eigenvalue weighted by Gasteiger charge is 2.43. The van der Waals surface area contributed by atoms with Crippen LogP contribution in [0.5, 0.6) is 0 Å². The van der Waals surface area contributed by atoms with E-state index in [9.17, 15) is 20.3 Å². The molecule has 1 aromatic rings. The molecule has 0 saturated heterocycles. The summed E-state index contributed by atoms with van der Waals surface area (Å²) in [6.45, 7) is 0. The molecule has 5 nitrogen and oxygen atoms in total. The molecule has 0 atom stereocenters. The van der Waals surface area contributed by atoms with Gasteiger partial charge in [-0.05, 0) is 37.8 Å². The Morgan fingerprint density at radius 1 is 0.826 bits per heavy atom. The fourth-order valence-corrected chi connectivity index (χ4v) is 4.30. The zero-order valence-corrected chi connectivity index (χ0v) is 13.5. The van der Waals surface area contributed by atoms with Crippen molar-refractivity contribution in [2.45, 2.75) is 75.4 Å². The van der Waals surface area contributed by atoms with Crippen LogP contribution in [-0.2, 0) is 11.2 Å². The summed E-state index contributed by atoms with van der Waals surface area (Å²) >= 11 is 0. The van der Waals surface area contributed by atoms with Crippen LogP contribution < -0.4 is 0 Å². The zero-order chi connectivity index (χ0) is 16.5. The number of nitrogens with zero attached hydrogens (tertiary/aromatic N) is 1. The van der Waals surface area contributed by atoms with E-state index >= 15 is 0 Å². The van der Waals surface area contributed by atoms with Crippen molar-refractivity contribution < 1.29 is 15.1 Å². The summed E-state index contributed by atoms with van der Waals surface area (Å²) in [4.78, 5) is 11.4. The molecular weight excluding hydrogens is 294 g/mol. The van der Waals surface area contributed by atoms with Crippen molar-refractivity contribution in [1.29, 1.82) is 0 Å². The number of aliphatic hydroxyl groups is 2. The molecule has 5 heteroatoms. The Kier molecular flexibility index (Phi) is 4.43. The zero-order valence-electron chi connectivity index (χ0n) is 13.5. The first-order valence-corrected chi connectivity index (χ1v) is 8.69. The van der Waals surface area contributed by atoms with E-state index in [0.717, 1.165) is 38.5 Å². The summed E-state index contributed by atoms with van der Waals surface area (Å²) in [5.74, 6) is 0. The molecule has 0 aromatic heterocycles. The van der Waals surface area contributed by atoms with E-state index in [0.29, 0.717) is 36.8 Å². The van der Waals surface area contributed by atoms with Gasteiger partial charge in [-0.1, -0.05) is 44.6 Å². The third-order valence-corrected chi connectivity index (χ3v) is 5.58. The minimum Gasteiger partial charge on any atom is -0.385 e. The molecule has 2 N–H and O–H groups in total. The predicted molar refractivity (Wildman–Crippen MR) is 87.1 cm³/mol. The number of benzene rings is 1. The fraction of sp³-hybridized carbons (Fsp3) is 0.667. The Morgan fingerprint density at radius 2 is 1.22 bits per heavy atom. The largest absolute Gasteiger partial charge is 0.385 e. The third-order valence-electron chi connectivity index (χ3n) is 5.58. The lowest BCUT2D eigenvalue weighted by Gasteiger charge is -2.35. The topological polar surface area (TPSA) is 83.6 Å². The lowest BCUT2D eigenvalue weighted by Crippen LogP contribution is -2.33. The van der Waals surface area contributed by atoms with Gasteiger partial charge in [0, 0.05) is 0 Å². The van der Waals surface area contributed by atoms with Crippen molar-refractivity contribution in [1.82, 2.24) is 0 Å². The first kappa shape index (κ1) is 16.4. The molecule has 0 amide bonds. The molecule has 2 fully saturated rings. The molecule has 0 unspecified atom stereocenters. The molecule has 2 aliphatic carbocycles. The molecule has 0 aliphatic heterocycles. The normalized spacial score (nSPS) is 23.4. The summed E-state index contributed by atoms with van der Waals surface area (Å²) in [5, 5.41) is 33.8. The van der Waals surface area contributed by atoms with E-state index in [1.54, 1.807) is 18.2 Å². The number of rotatable bonds is 3. The van der Waals surface area contributed by atoms with Gasteiger partial charge < -0.3 is 10.2 Å². The molecule has 0 spiro atoms. The van der Waals surface area contributed by atoms with Crippen molar-refractivity contribution >= 4 is 5.69 Å². The number of nitro groups is 1. The molecule has 0 radical (unpaired) electrons. The fourth-order valence-electron chi connectivity index (χ4n) is 4.30. The molecule has 23 heavy (non-hydrogen) atoms. The monoisotopic (exact) mass is 319 g/mol. The van der Waals surface area contributed by atoms with Crippen LogP contribution in [0.25, 0.3) is 0 Å². The van der Waals surface area contributed by atoms with Crippen molar-refractivity contribution in [3.05, 3.63) is 39.4 Å². The van der Waals surface area contributed by atoms with E-state index in [2.05, 4.69) is 0 Å². The predicted octanol–water partition coefficient (Wildman–Crippen LogP) is 3.90. The maximum absolute atomic E-state index is 11.8. The van der Waals surface area contributed by atoms with Gasteiger partial charge in [0.1, 0.15) is 0 Å². The van der Waals surface area contributed by atoms with Gasteiger partial charge in [0.2, 0.25) is 0 Å². The summed E-state index contributed by atoms with van der Waals surface area (Å²) in [7, 11) is 0. The summed E-state index contributed by atoms with van der Waals surface area (Å²) < 4.78 is 0. The van der Waals surface area contributed by atoms with Crippen LogP contribution in [0, 0.1) is 10.1 Å². The Balaban J connectivity index is 2.11. The average molecular weight is 319 g/mol. The second-order valence-corrected chi connectivity index (χ2v) is 7.14. The Labute approximate surface area is 136 Å². The summed E-state index contributed by atoms with van der Waals surface area (Å²) in [6, 6.07) is 5.08. The van der Waals surface area contributed by atoms with Crippen LogP contribution in [0.1, 0.15) is 75.3 Å².